The number of pyridine rings is 1. The molecule has 1 saturated heterocycles. The number of amides is 1. The number of aliphatic hydroxyl groups excluding tert-OH is 1. The minimum atomic E-state index is -0.865. The summed E-state index contributed by atoms with van der Waals surface area (Å²) >= 11 is 12.4. The van der Waals surface area contributed by atoms with Gasteiger partial charge in [0.15, 0.2) is 0 Å². The largest absolute Gasteiger partial charge is 0.507 e. The Morgan fingerprint density at radius 1 is 1.11 bits per heavy atom. The van der Waals surface area contributed by atoms with Gasteiger partial charge < -0.3 is 14.7 Å². The smallest absolute Gasteiger partial charge is 0.295 e. The van der Waals surface area contributed by atoms with Gasteiger partial charge in [-0.05, 0) is 65.9 Å². The molecule has 2 heterocycles. The van der Waals surface area contributed by atoms with Gasteiger partial charge in [0.1, 0.15) is 11.5 Å². The maximum absolute atomic E-state index is 13.3. The Morgan fingerprint density at radius 3 is 2.53 bits per heavy atom. The van der Waals surface area contributed by atoms with Crippen molar-refractivity contribution >= 4 is 40.7 Å². The van der Waals surface area contributed by atoms with Gasteiger partial charge in [-0.15, -0.1) is 0 Å². The van der Waals surface area contributed by atoms with E-state index in [2.05, 4.69) is 18.8 Å². The number of halogens is 2. The first-order chi connectivity index (χ1) is 17.2. The summed E-state index contributed by atoms with van der Waals surface area (Å²) in [6.07, 6.45) is 3.26. The molecule has 3 aromatic rings. The molecular weight excluding hydrogens is 499 g/mol. The van der Waals surface area contributed by atoms with Gasteiger partial charge in [0.2, 0.25) is 0 Å². The number of aliphatic hydroxyl groups is 1. The third-order valence-corrected chi connectivity index (χ3v) is 6.65. The topological polar surface area (TPSA) is 79.7 Å². The van der Waals surface area contributed by atoms with Gasteiger partial charge in [-0.3, -0.25) is 14.6 Å². The van der Waals surface area contributed by atoms with Crippen LogP contribution in [-0.2, 0) is 16.1 Å². The maximum atomic E-state index is 13.3. The lowest BCUT2D eigenvalue weighted by Crippen LogP contribution is -2.29. The molecule has 1 fully saturated rings. The molecule has 4 rings (SSSR count). The number of ketones is 1. The first-order valence-electron chi connectivity index (χ1n) is 11.5. The monoisotopic (exact) mass is 524 g/mol. The zero-order chi connectivity index (χ0) is 26.0. The van der Waals surface area contributed by atoms with Crippen LogP contribution in [-0.4, -0.2) is 33.3 Å². The van der Waals surface area contributed by atoms with E-state index in [1.165, 1.54) is 4.90 Å². The Labute approximate surface area is 220 Å². The highest BCUT2D eigenvalue weighted by atomic mass is 35.5. The summed E-state index contributed by atoms with van der Waals surface area (Å²) in [5.74, 6) is -0.722. The zero-order valence-electron chi connectivity index (χ0n) is 20.2. The van der Waals surface area contributed by atoms with Crippen molar-refractivity contribution in [3.8, 4) is 5.75 Å². The normalized spacial score (nSPS) is 17.2. The van der Waals surface area contributed by atoms with Crippen LogP contribution in [0.2, 0.25) is 10.0 Å². The molecule has 0 aliphatic carbocycles. The second-order valence-corrected chi connectivity index (χ2v) is 9.96. The Kier molecular flexibility index (Phi) is 7.67. The SMILES string of the molecule is Cc1cc(OCC(C)C)ccc1/C(O)=C1\C(=O)C(=O)N(Cc2cccnc2)[C@H]1c1ccc(Cl)c(Cl)c1. The van der Waals surface area contributed by atoms with Crippen molar-refractivity contribution < 1.29 is 19.4 Å². The van der Waals surface area contributed by atoms with Crippen molar-refractivity contribution in [1.82, 2.24) is 9.88 Å². The van der Waals surface area contributed by atoms with E-state index in [-0.39, 0.29) is 22.9 Å². The number of rotatable bonds is 7. The second kappa shape index (κ2) is 10.7. The summed E-state index contributed by atoms with van der Waals surface area (Å²) in [7, 11) is 0. The van der Waals surface area contributed by atoms with Gasteiger partial charge in [-0.2, -0.15) is 0 Å². The third-order valence-electron chi connectivity index (χ3n) is 5.91. The van der Waals surface area contributed by atoms with E-state index in [1.54, 1.807) is 54.9 Å². The fourth-order valence-electron chi connectivity index (χ4n) is 4.16. The third kappa shape index (κ3) is 5.25. The first kappa shape index (κ1) is 25.7. The number of hydrogen-bond donors (Lipinski definition) is 1. The van der Waals surface area contributed by atoms with Crippen LogP contribution in [0.5, 0.6) is 5.75 Å². The summed E-state index contributed by atoms with van der Waals surface area (Å²) in [6, 6.07) is 12.9. The van der Waals surface area contributed by atoms with Crippen LogP contribution in [0.1, 0.15) is 42.1 Å². The maximum Gasteiger partial charge on any atom is 0.295 e. The summed E-state index contributed by atoms with van der Waals surface area (Å²) in [5, 5.41) is 12.0. The molecule has 1 aliphatic heterocycles. The molecule has 1 aliphatic rings. The van der Waals surface area contributed by atoms with Crippen molar-refractivity contribution in [3.63, 3.8) is 0 Å². The van der Waals surface area contributed by atoms with Gasteiger partial charge >= 0.3 is 0 Å². The van der Waals surface area contributed by atoms with Gasteiger partial charge in [0, 0.05) is 24.5 Å². The molecule has 1 aromatic heterocycles. The van der Waals surface area contributed by atoms with E-state index in [0.717, 1.165) is 5.56 Å². The summed E-state index contributed by atoms with van der Waals surface area (Å²) in [4.78, 5) is 32.0. The molecule has 1 amide bonds. The number of nitrogens with zero attached hydrogens (tertiary/aromatic N) is 2. The molecule has 36 heavy (non-hydrogen) atoms. The van der Waals surface area contributed by atoms with Crippen molar-refractivity contribution in [1.29, 1.82) is 0 Å². The van der Waals surface area contributed by atoms with Gasteiger partial charge in [-0.1, -0.05) is 49.2 Å². The van der Waals surface area contributed by atoms with E-state index in [4.69, 9.17) is 27.9 Å². The number of likely N-dealkylation sites (tertiary alicyclic amines) is 1. The van der Waals surface area contributed by atoms with Crippen molar-refractivity contribution in [2.24, 2.45) is 5.92 Å². The molecule has 0 spiro atoms. The van der Waals surface area contributed by atoms with Crippen LogP contribution < -0.4 is 4.74 Å². The average Bonchev–Trinajstić information content (AvgIpc) is 3.09. The number of hydrogen-bond acceptors (Lipinski definition) is 5. The molecule has 0 saturated carbocycles. The average molecular weight is 525 g/mol. The summed E-state index contributed by atoms with van der Waals surface area (Å²) < 4.78 is 5.78. The molecule has 0 unspecified atom stereocenters. The molecule has 186 valence electrons. The van der Waals surface area contributed by atoms with Crippen LogP contribution in [0, 0.1) is 12.8 Å². The summed E-state index contributed by atoms with van der Waals surface area (Å²) in [6.45, 7) is 6.61. The minimum Gasteiger partial charge on any atom is -0.507 e. The van der Waals surface area contributed by atoms with E-state index in [9.17, 15) is 14.7 Å². The van der Waals surface area contributed by atoms with Crippen LogP contribution in [0.4, 0.5) is 0 Å². The van der Waals surface area contributed by atoms with Crippen LogP contribution >= 0.6 is 23.2 Å². The van der Waals surface area contributed by atoms with Crippen molar-refractivity contribution in [2.45, 2.75) is 33.4 Å². The Bertz CT molecular complexity index is 1340. The molecule has 0 bridgehead atoms. The number of aromatic nitrogens is 1. The standard InChI is InChI=1S/C28H26Cl2N2O4/c1-16(2)15-36-20-7-8-21(17(3)11-20)26(33)24-25(19-6-9-22(29)23(30)12-19)32(28(35)27(24)34)14-18-5-4-10-31-13-18/h4-13,16,25,33H,14-15H2,1-3H3/b26-24+/t25-/m0/s1. The zero-order valence-corrected chi connectivity index (χ0v) is 21.7. The van der Waals surface area contributed by atoms with Crippen LogP contribution in [0.3, 0.4) is 0 Å². The second-order valence-electron chi connectivity index (χ2n) is 9.14. The lowest BCUT2D eigenvalue weighted by Gasteiger charge is -2.25. The molecule has 2 aromatic carbocycles. The number of benzene rings is 2. The molecule has 8 heteroatoms. The Balaban J connectivity index is 1.82. The Hall–Kier alpha value is -3.35. The molecular formula is C28H26Cl2N2O4. The van der Waals surface area contributed by atoms with E-state index >= 15 is 0 Å². The fraction of sp³-hybridized carbons (Fsp3) is 0.250. The highest BCUT2D eigenvalue weighted by molar-refractivity contribution is 6.46. The number of aryl methyl sites for hydroxylation is 1. The Morgan fingerprint density at radius 2 is 1.89 bits per heavy atom. The molecule has 1 N–H and O–H groups in total. The van der Waals surface area contributed by atoms with Crippen LogP contribution in [0.25, 0.3) is 5.76 Å². The highest BCUT2D eigenvalue weighted by Crippen LogP contribution is 2.42. The van der Waals surface area contributed by atoms with Gasteiger partial charge in [0.05, 0.1) is 28.3 Å². The summed E-state index contributed by atoms with van der Waals surface area (Å²) in [5.41, 5.74) is 2.44. The first-order valence-corrected chi connectivity index (χ1v) is 12.3. The number of carbonyl (C=O) groups excluding carboxylic acids is 2. The lowest BCUT2D eigenvalue weighted by atomic mass is 9.93. The number of carbonyl (C=O) groups is 2. The van der Waals surface area contributed by atoms with Gasteiger partial charge in [-0.25, -0.2) is 0 Å². The van der Waals surface area contributed by atoms with E-state index < -0.39 is 17.7 Å². The number of ether oxygens (including phenoxy) is 1. The molecule has 6 nitrogen and oxygen atoms in total. The van der Waals surface area contributed by atoms with E-state index in [0.29, 0.717) is 40.0 Å². The van der Waals surface area contributed by atoms with Crippen molar-refractivity contribution in [2.75, 3.05) is 6.61 Å². The minimum absolute atomic E-state index is 0.0128. The van der Waals surface area contributed by atoms with Gasteiger partial charge in [0.25, 0.3) is 11.7 Å². The lowest BCUT2D eigenvalue weighted by molar-refractivity contribution is -0.140. The predicted molar refractivity (Wildman–Crippen MR) is 140 cm³/mol. The quantitative estimate of drug-likeness (QED) is 0.221. The van der Waals surface area contributed by atoms with Crippen LogP contribution in [0.15, 0.2) is 66.5 Å². The fourth-order valence-corrected chi connectivity index (χ4v) is 4.47. The highest BCUT2D eigenvalue weighted by Gasteiger charge is 2.46. The molecule has 1 atom stereocenters. The van der Waals surface area contributed by atoms with E-state index in [1.807, 2.05) is 13.0 Å². The molecule has 0 radical (unpaired) electrons. The van der Waals surface area contributed by atoms with Crippen molar-refractivity contribution in [3.05, 3.63) is 98.8 Å². The predicted octanol–water partition coefficient (Wildman–Crippen LogP) is 6.35. The number of Topliss-reactive ketones (excluding diaryl/α,β-unsaturated/α-hetero) is 1.